The smallest absolute Gasteiger partial charge is 0.0600 e. The molecule has 2 fully saturated rings. The molecule has 0 saturated heterocycles. The van der Waals surface area contributed by atoms with Crippen LogP contribution in [-0.4, -0.2) is 12.7 Å². The van der Waals surface area contributed by atoms with Crippen LogP contribution in [0.15, 0.2) is 0 Å². The molecule has 0 N–H and O–H groups in total. The molecular weight excluding hydrogens is 256 g/mol. The van der Waals surface area contributed by atoms with Gasteiger partial charge in [0.05, 0.1) is 6.10 Å². The minimum atomic E-state index is 0.557. The molecule has 2 rings (SSSR count). The molecule has 3 atom stereocenters. The molecule has 1 heteroatoms. The summed E-state index contributed by atoms with van der Waals surface area (Å²) in [5.41, 5.74) is 0. The van der Waals surface area contributed by atoms with Crippen molar-refractivity contribution in [1.82, 2.24) is 0 Å². The Kier molecular flexibility index (Phi) is 7.57. The van der Waals surface area contributed by atoms with Gasteiger partial charge < -0.3 is 4.74 Å². The maximum atomic E-state index is 6.04. The van der Waals surface area contributed by atoms with Gasteiger partial charge in [0, 0.05) is 6.61 Å². The van der Waals surface area contributed by atoms with Gasteiger partial charge in [-0.15, -0.1) is 0 Å². The van der Waals surface area contributed by atoms with E-state index in [1.165, 1.54) is 64.2 Å². The van der Waals surface area contributed by atoms with Gasteiger partial charge in [-0.1, -0.05) is 52.9 Å². The van der Waals surface area contributed by atoms with Crippen LogP contribution in [0.4, 0.5) is 0 Å². The predicted molar refractivity (Wildman–Crippen MR) is 91.5 cm³/mol. The van der Waals surface area contributed by atoms with Crippen LogP contribution in [0.5, 0.6) is 0 Å². The van der Waals surface area contributed by atoms with Crippen molar-refractivity contribution >= 4 is 0 Å². The van der Waals surface area contributed by atoms with Crippen LogP contribution < -0.4 is 0 Å². The Hall–Kier alpha value is -0.0400. The van der Waals surface area contributed by atoms with E-state index in [0.29, 0.717) is 6.10 Å². The number of rotatable bonds is 7. The molecule has 0 spiro atoms. The van der Waals surface area contributed by atoms with Crippen LogP contribution in [0.3, 0.4) is 0 Å². The van der Waals surface area contributed by atoms with E-state index in [9.17, 15) is 0 Å². The van der Waals surface area contributed by atoms with Gasteiger partial charge in [-0.05, 0) is 62.2 Å². The minimum absolute atomic E-state index is 0.557. The predicted octanol–water partition coefficient (Wildman–Crippen LogP) is 6.21. The SMILES string of the molecule is CCCCC1CCC(C2CCC(OCCC)C(C)C2)CC1. The lowest BCUT2D eigenvalue weighted by molar-refractivity contribution is -0.0274. The topological polar surface area (TPSA) is 9.23 Å². The second kappa shape index (κ2) is 9.18. The first-order chi connectivity index (χ1) is 10.2. The van der Waals surface area contributed by atoms with E-state index in [1.807, 2.05) is 0 Å². The fourth-order valence-electron chi connectivity index (χ4n) is 4.80. The first kappa shape index (κ1) is 17.3. The van der Waals surface area contributed by atoms with Crippen LogP contribution in [-0.2, 0) is 4.74 Å². The maximum Gasteiger partial charge on any atom is 0.0600 e. The Morgan fingerprint density at radius 1 is 0.857 bits per heavy atom. The van der Waals surface area contributed by atoms with E-state index in [4.69, 9.17) is 4.74 Å². The van der Waals surface area contributed by atoms with Gasteiger partial charge in [-0.3, -0.25) is 0 Å². The lowest BCUT2D eigenvalue weighted by Gasteiger charge is -2.40. The van der Waals surface area contributed by atoms with E-state index in [1.54, 1.807) is 0 Å². The van der Waals surface area contributed by atoms with Crippen LogP contribution in [0.2, 0.25) is 0 Å². The van der Waals surface area contributed by atoms with Crippen molar-refractivity contribution in [2.75, 3.05) is 6.61 Å². The lowest BCUT2D eigenvalue weighted by atomic mass is 9.68. The third kappa shape index (κ3) is 5.27. The van der Waals surface area contributed by atoms with E-state index in [-0.39, 0.29) is 0 Å². The third-order valence-corrected chi connectivity index (χ3v) is 6.19. The molecule has 124 valence electrons. The van der Waals surface area contributed by atoms with Crippen molar-refractivity contribution in [2.24, 2.45) is 23.7 Å². The van der Waals surface area contributed by atoms with Crippen molar-refractivity contribution in [2.45, 2.75) is 97.5 Å². The molecule has 21 heavy (non-hydrogen) atoms. The number of hydrogen-bond acceptors (Lipinski definition) is 1. The van der Waals surface area contributed by atoms with E-state index in [0.717, 1.165) is 36.7 Å². The first-order valence-electron chi connectivity index (χ1n) is 9.86. The van der Waals surface area contributed by atoms with Gasteiger partial charge in [0.2, 0.25) is 0 Å². The summed E-state index contributed by atoms with van der Waals surface area (Å²) < 4.78 is 6.04. The molecule has 0 radical (unpaired) electrons. The largest absolute Gasteiger partial charge is 0.378 e. The monoisotopic (exact) mass is 294 g/mol. The molecule has 2 aliphatic carbocycles. The van der Waals surface area contributed by atoms with Gasteiger partial charge in [-0.2, -0.15) is 0 Å². The zero-order valence-electron chi connectivity index (χ0n) is 14.8. The highest BCUT2D eigenvalue weighted by Gasteiger charge is 2.34. The van der Waals surface area contributed by atoms with Gasteiger partial charge in [0.25, 0.3) is 0 Å². The Labute approximate surface area is 133 Å². The van der Waals surface area contributed by atoms with Crippen LogP contribution in [0.1, 0.15) is 91.4 Å². The molecule has 0 aromatic heterocycles. The molecule has 0 aromatic rings. The van der Waals surface area contributed by atoms with E-state index >= 15 is 0 Å². The molecule has 2 saturated carbocycles. The van der Waals surface area contributed by atoms with Crippen molar-refractivity contribution in [3.63, 3.8) is 0 Å². The number of unbranched alkanes of at least 4 members (excludes halogenated alkanes) is 1. The van der Waals surface area contributed by atoms with Crippen LogP contribution in [0, 0.1) is 23.7 Å². The number of ether oxygens (including phenoxy) is 1. The fraction of sp³-hybridized carbons (Fsp3) is 1.00. The zero-order chi connectivity index (χ0) is 15.1. The summed E-state index contributed by atoms with van der Waals surface area (Å²) in [6.45, 7) is 7.93. The summed E-state index contributed by atoms with van der Waals surface area (Å²) in [5.74, 6) is 3.89. The normalized spacial score (nSPS) is 37.6. The highest BCUT2D eigenvalue weighted by atomic mass is 16.5. The fourth-order valence-corrected chi connectivity index (χ4v) is 4.80. The molecule has 1 nitrogen and oxygen atoms in total. The second-order valence-corrected chi connectivity index (χ2v) is 7.88. The molecule has 0 bridgehead atoms. The summed E-state index contributed by atoms with van der Waals surface area (Å²) in [6.07, 6.45) is 16.3. The summed E-state index contributed by atoms with van der Waals surface area (Å²) >= 11 is 0. The van der Waals surface area contributed by atoms with Gasteiger partial charge >= 0.3 is 0 Å². The summed E-state index contributed by atoms with van der Waals surface area (Å²) in [7, 11) is 0. The molecule has 2 aliphatic rings. The van der Waals surface area contributed by atoms with Crippen LogP contribution in [0.25, 0.3) is 0 Å². The number of hydrogen-bond donors (Lipinski definition) is 0. The molecule has 0 heterocycles. The van der Waals surface area contributed by atoms with Crippen molar-refractivity contribution in [3.8, 4) is 0 Å². The Balaban J connectivity index is 1.70. The second-order valence-electron chi connectivity index (χ2n) is 7.88. The van der Waals surface area contributed by atoms with Gasteiger partial charge in [-0.25, -0.2) is 0 Å². The summed E-state index contributed by atoms with van der Waals surface area (Å²) in [6, 6.07) is 0. The van der Waals surface area contributed by atoms with Gasteiger partial charge in [0.15, 0.2) is 0 Å². The van der Waals surface area contributed by atoms with Crippen LogP contribution >= 0.6 is 0 Å². The van der Waals surface area contributed by atoms with E-state index in [2.05, 4.69) is 20.8 Å². The Morgan fingerprint density at radius 2 is 1.57 bits per heavy atom. The average molecular weight is 295 g/mol. The first-order valence-corrected chi connectivity index (χ1v) is 9.86. The Bertz CT molecular complexity index is 267. The minimum Gasteiger partial charge on any atom is -0.378 e. The van der Waals surface area contributed by atoms with Crippen molar-refractivity contribution < 1.29 is 4.74 Å². The van der Waals surface area contributed by atoms with Crippen molar-refractivity contribution in [3.05, 3.63) is 0 Å². The molecule has 3 unspecified atom stereocenters. The lowest BCUT2D eigenvalue weighted by Crippen LogP contribution is -2.34. The maximum absolute atomic E-state index is 6.04. The average Bonchev–Trinajstić information content (AvgIpc) is 2.52. The zero-order valence-corrected chi connectivity index (χ0v) is 14.8. The van der Waals surface area contributed by atoms with Gasteiger partial charge in [0.1, 0.15) is 0 Å². The van der Waals surface area contributed by atoms with Crippen molar-refractivity contribution in [1.29, 1.82) is 0 Å². The quantitative estimate of drug-likeness (QED) is 0.542. The molecule has 0 aliphatic heterocycles. The Morgan fingerprint density at radius 3 is 2.19 bits per heavy atom. The molecule has 0 aromatic carbocycles. The summed E-state index contributed by atoms with van der Waals surface area (Å²) in [5, 5.41) is 0. The highest BCUT2D eigenvalue weighted by molar-refractivity contribution is 4.85. The highest BCUT2D eigenvalue weighted by Crippen LogP contribution is 2.43. The third-order valence-electron chi connectivity index (χ3n) is 6.19. The molecular formula is C20H38O. The standard InChI is InChI=1S/C20H38O/c1-4-6-7-17-8-10-18(11-9-17)19-12-13-20(16(3)15-19)21-14-5-2/h16-20H,4-15H2,1-3H3. The summed E-state index contributed by atoms with van der Waals surface area (Å²) in [4.78, 5) is 0. The molecule has 0 amide bonds. The van der Waals surface area contributed by atoms with E-state index < -0.39 is 0 Å².